The Bertz CT molecular complexity index is 1220. The van der Waals surface area contributed by atoms with E-state index in [1.807, 2.05) is 0 Å². The van der Waals surface area contributed by atoms with Crippen LogP contribution in [0.25, 0.3) is 0 Å². The fraction of sp³-hybridized carbons (Fsp3) is 0.947. The van der Waals surface area contributed by atoms with Crippen LogP contribution in [0.15, 0.2) is 12.2 Å². The van der Waals surface area contributed by atoms with Crippen LogP contribution in [-0.4, -0.2) is 47.4 Å². The van der Waals surface area contributed by atoms with Crippen molar-refractivity contribution in [3.63, 3.8) is 0 Å². The topological polar surface area (TPSA) is 95.9 Å². The van der Waals surface area contributed by atoms with Crippen molar-refractivity contribution in [2.24, 2.45) is 0 Å². The summed E-state index contributed by atoms with van der Waals surface area (Å²) in [5.41, 5.74) is 0. The first-order chi connectivity index (χ1) is 40.0. The largest absolute Gasteiger partial charge is 0.466 e. The number of aliphatic hydroxyl groups is 2. The molecule has 0 saturated heterocycles. The number of hydrogen-bond donors (Lipinski definition) is 3. The van der Waals surface area contributed by atoms with Crippen molar-refractivity contribution < 1.29 is 24.5 Å². The molecule has 0 bridgehead atoms. The van der Waals surface area contributed by atoms with Crippen LogP contribution >= 0.6 is 0 Å². The maximum atomic E-state index is 12.5. The first-order valence-electron chi connectivity index (χ1n) is 37.4. The second-order valence-corrected chi connectivity index (χ2v) is 26.0. The summed E-state index contributed by atoms with van der Waals surface area (Å²) in [6, 6.07) is -0.534. The molecule has 482 valence electrons. The summed E-state index contributed by atoms with van der Waals surface area (Å²) in [7, 11) is 0. The lowest BCUT2D eigenvalue weighted by Gasteiger charge is -2.22. The molecule has 2 unspecified atom stereocenters. The smallest absolute Gasteiger partial charge is 0.305 e. The van der Waals surface area contributed by atoms with Gasteiger partial charge in [0.05, 0.1) is 25.4 Å². The molecule has 2 atom stereocenters. The van der Waals surface area contributed by atoms with Crippen LogP contribution in [0, 0.1) is 0 Å². The Balaban J connectivity index is 3.26. The highest BCUT2D eigenvalue weighted by molar-refractivity contribution is 5.76. The zero-order chi connectivity index (χ0) is 58.5. The fourth-order valence-corrected chi connectivity index (χ4v) is 12.1. The van der Waals surface area contributed by atoms with Crippen molar-refractivity contribution in [1.82, 2.24) is 5.32 Å². The van der Waals surface area contributed by atoms with Gasteiger partial charge in [-0.05, 0) is 51.4 Å². The van der Waals surface area contributed by atoms with E-state index >= 15 is 0 Å². The Morgan fingerprint density at radius 3 is 0.877 bits per heavy atom. The Labute approximate surface area is 508 Å². The molecule has 3 N–H and O–H groups in total. The molecule has 0 aliphatic carbocycles. The maximum absolute atomic E-state index is 12.5. The predicted molar refractivity (Wildman–Crippen MR) is 357 cm³/mol. The molecule has 0 spiro atoms. The molecule has 0 heterocycles. The summed E-state index contributed by atoms with van der Waals surface area (Å²) in [4.78, 5) is 24.5. The Morgan fingerprint density at radius 2 is 0.580 bits per heavy atom. The van der Waals surface area contributed by atoms with Crippen LogP contribution in [0.3, 0.4) is 0 Å². The third-order valence-electron chi connectivity index (χ3n) is 17.8. The maximum Gasteiger partial charge on any atom is 0.305 e. The van der Waals surface area contributed by atoms with E-state index < -0.39 is 12.1 Å². The molecule has 0 aromatic heterocycles. The molecular weight excluding hydrogens is 995 g/mol. The van der Waals surface area contributed by atoms with Gasteiger partial charge in [0, 0.05) is 12.8 Å². The number of carbonyl (C=O) groups is 2. The van der Waals surface area contributed by atoms with Crippen LogP contribution < -0.4 is 5.32 Å². The number of allylic oxidation sites excluding steroid dienone is 2. The van der Waals surface area contributed by atoms with Gasteiger partial charge >= 0.3 is 5.97 Å². The lowest BCUT2D eigenvalue weighted by Crippen LogP contribution is -2.45. The van der Waals surface area contributed by atoms with E-state index in [0.29, 0.717) is 25.9 Å². The van der Waals surface area contributed by atoms with E-state index in [1.54, 1.807) is 0 Å². The Morgan fingerprint density at radius 1 is 0.333 bits per heavy atom. The molecule has 81 heavy (non-hydrogen) atoms. The van der Waals surface area contributed by atoms with Crippen molar-refractivity contribution in [2.45, 2.75) is 443 Å². The summed E-state index contributed by atoms with van der Waals surface area (Å²) in [6.45, 7) is 4.97. The number of ether oxygens (including phenoxy) is 1. The number of nitrogens with one attached hydrogen (secondary N) is 1. The van der Waals surface area contributed by atoms with Crippen LogP contribution in [0.5, 0.6) is 0 Å². The Hall–Kier alpha value is -1.40. The van der Waals surface area contributed by atoms with Gasteiger partial charge < -0.3 is 20.3 Å². The quantitative estimate of drug-likeness (QED) is 0.0320. The van der Waals surface area contributed by atoms with Crippen LogP contribution in [0.4, 0.5) is 0 Å². The van der Waals surface area contributed by atoms with Gasteiger partial charge in [-0.3, -0.25) is 9.59 Å². The Kier molecular flexibility index (Phi) is 69.9. The minimum atomic E-state index is -0.657. The van der Waals surface area contributed by atoms with Crippen molar-refractivity contribution in [2.75, 3.05) is 13.2 Å². The molecule has 0 radical (unpaired) electrons. The van der Waals surface area contributed by atoms with Gasteiger partial charge in [-0.25, -0.2) is 0 Å². The van der Waals surface area contributed by atoms with E-state index in [9.17, 15) is 19.8 Å². The number of carbonyl (C=O) groups excluding carboxylic acids is 2. The number of unbranched alkanes of at least 4 members (excludes halogenated alkanes) is 58. The van der Waals surface area contributed by atoms with Gasteiger partial charge in [-0.15, -0.1) is 0 Å². The zero-order valence-electron chi connectivity index (χ0n) is 55.3. The molecule has 0 rings (SSSR count). The van der Waals surface area contributed by atoms with Gasteiger partial charge in [-0.2, -0.15) is 0 Å². The summed E-state index contributed by atoms with van der Waals surface area (Å²) >= 11 is 0. The number of esters is 1. The summed E-state index contributed by atoms with van der Waals surface area (Å²) in [6.07, 6.45) is 88.8. The third kappa shape index (κ3) is 67.6. The average molecular weight is 1140 g/mol. The lowest BCUT2D eigenvalue weighted by molar-refractivity contribution is -0.143. The van der Waals surface area contributed by atoms with E-state index in [1.165, 1.54) is 353 Å². The second kappa shape index (κ2) is 71.1. The van der Waals surface area contributed by atoms with Crippen LogP contribution in [0.2, 0.25) is 0 Å². The molecule has 0 fully saturated rings. The van der Waals surface area contributed by atoms with Crippen LogP contribution in [-0.2, 0) is 14.3 Å². The lowest BCUT2D eigenvalue weighted by atomic mass is 10.0. The van der Waals surface area contributed by atoms with Crippen molar-refractivity contribution >= 4 is 11.9 Å². The molecular formula is C75H147NO5. The first-order valence-corrected chi connectivity index (χ1v) is 37.4. The van der Waals surface area contributed by atoms with Gasteiger partial charge in [0.15, 0.2) is 0 Å². The van der Waals surface area contributed by atoms with E-state index in [-0.39, 0.29) is 18.5 Å². The molecule has 0 aliphatic heterocycles. The highest BCUT2D eigenvalue weighted by atomic mass is 16.5. The van der Waals surface area contributed by atoms with E-state index in [2.05, 4.69) is 31.3 Å². The number of amides is 1. The molecule has 0 aromatic rings. The minimum absolute atomic E-state index is 0.0162. The molecule has 6 nitrogen and oxygen atoms in total. The first kappa shape index (κ1) is 79.6. The van der Waals surface area contributed by atoms with Crippen molar-refractivity contribution in [3.05, 3.63) is 12.2 Å². The normalized spacial score (nSPS) is 12.5. The number of aliphatic hydroxyl groups excluding tert-OH is 2. The van der Waals surface area contributed by atoms with Crippen molar-refractivity contribution in [3.8, 4) is 0 Å². The van der Waals surface area contributed by atoms with Gasteiger partial charge in [0.2, 0.25) is 5.91 Å². The monoisotopic (exact) mass is 1140 g/mol. The standard InChI is InChI=1S/C75H147NO5/c1-3-5-7-9-11-13-15-16-45-49-53-57-61-65-69-75(80)81-70-66-62-58-54-50-46-43-41-39-37-35-33-31-29-27-25-23-21-19-17-18-20-22-24-26-28-30-32-34-36-38-40-42-44-48-52-56-60-64-68-74(79)76-72(71-77)73(78)67-63-59-55-51-47-14-12-10-8-6-4-2/h15-16,72-73,77-78H,3-14,17-71H2,1-2H3,(H,76,79)/b16-15-. The number of hydrogen-bond acceptors (Lipinski definition) is 5. The number of rotatable bonds is 71. The van der Waals surface area contributed by atoms with Crippen molar-refractivity contribution in [1.29, 1.82) is 0 Å². The van der Waals surface area contributed by atoms with E-state index in [4.69, 9.17) is 4.74 Å². The van der Waals surface area contributed by atoms with Gasteiger partial charge in [0.25, 0.3) is 0 Å². The van der Waals surface area contributed by atoms with E-state index in [0.717, 1.165) is 44.9 Å². The molecule has 0 saturated carbocycles. The SMILES string of the molecule is CCCCCCC/C=C\CCCCCCCC(=O)OCCCCCCCCCCCCCCCCCCCCCCCCCCCCCCCCCCCCCCCCCC(=O)NC(CO)C(O)CCCCCCCCCCCCC. The zero-order valence-corrected chi connectivity index (χ0v) is 55.3. The summed E-state index contributed by atoms with van der Waals surface area (Å²) in [5.74, 6) is -0.0111. The van der Waals surface area contributed by atoms with Gasteiger partial charge in [-0.1, -0.05) is 379 Å². The molecule has 1 amide bonds. The average Bonchev–Trinajstić information content (AvgIpc) is 3.47. The second-order valence-electron chi connectivity index (χ2n) is 26.0. The summed E-state index contributed by atoms with van der Waals surface area (Å²) in [5, 5.41) is 23.2. The highest BCUT2D eigenvalue weighted by Crippen LogP contribution is 2.20. The third-order valence-corrected chi connectivity index (χ3v) is 17.8. The minimum Gasteiger partial charge on any atom is -0.466 e. The van der Waals surface area contributed by atoms with Crippen LogP contribution in [0.1, 0.15) is 431 Å². The van der Waals surface area contributed by atoms with Gasteiger partial charge in [0.1, 0.15) is 0 Å². The molecule has 0 aromatic carbocycles. The molecule has 0 aliphatic rings. The highest BCUT2D eigenvalue weighted by Gasteiger charge is 2.20. The summed E-state index contributed by atoms with van der Waals surface area (Å²) < 4.78 is 5.49. The molecule has 6 heteroatoms. The predicted octanol–water partition coefficient (Wildman–Crippen LogP) is 24.3. The fourth-order valence-electron chi connectivity index (χ4n) is 12.1.